The standard InChI is InChI=1S/C23H44N2O/c1-3-4-5-6-7-8-9-10-11-12-13-14-15-16-17-18-19-22(20-24)23(26)21(2)25/h21-22H,3-19,25H2,1-2H3/t21-,22?/m1/s1. The predicted octanol–water partition coefficient (Wildman–Crippen LogP) is 6.69. The zero-order valence-corrected chi connectivity index (χ0v) is 17.6. The number of hydrogen-bond acceptors (Lipinski definition) is 3. The Labute approximate surface area is 163 Å². The van der Waals surface area contributed by atoms with E-state index in [1.807, 2.05) is 0 Å². The molecular weight excluding hydrogens is 320 g/mol. The van der Waals surface area contributed by atoms with Gasteiger partial charge in [0.05, 0.1) is 12.1 Å². The lowest BCUT2D eigenvalue weighted by atomic mass is 9.94. The molecule has 0 aliphatic heterocycles. The number of nitrogens with zero attached hydrogens (tertiary/aromatic N) is 1. The summed E-state index contributed by atoms with van der Waals surface area (Å²) < 4.78 is 0. The molecule has 3 nitrogen and oxygen atoms in total. The largest absolute Gasteiger partial charge is 0.322 e. The molecule has 3 heteroatoms. The van der Waals surface area contributed by atoms with E-state index >= 15 is 0 Å². The predicted molar refractivity (Wildman–Crippen MR) is 112 cm³/mol. The molecule has 2 N–H and O–H groups in total. The molecule has 0 amide bonds. The van der Waals surface area contributed by atoms with Crippen LogP contribution in [-0.2, 0) is 4.79 Å². The number of carbonyl (C=O) groups excluding carboxylic acids is 1. The van der Waals surface area contributed by atoms with Gasteiger partial charge in [0.1, 0.15) is 5.92 Å². The lowest BCUT2D eigenvalue weighted by Crippen LogP contribution is -2.32. The van der Waals surface area contributed by atoms with Crippen molar-refractivity contribution in [2.45, 2.75) is 129 Å². The lowest BCUT2D eigenvalue weighted by Gasteiger charge is -2.10. The number of Topliss-reactive ketones (excluding diaryl/α,β-unsaturated/α-hetero) is 1. The minimum absolute atomic E-state index is 0.103. The van der Waals surface area contributed by atoms with Crippen molar-refractivity contribution in [3.63, 3.8) is 0 Å². The Morgan fingerprint density at radius 2 is 1.12 bits per heavy atom. The van der Waals surface area contributed by atoms with Gasteiger partial charge in [-0.15, -0.1) is 0 Å². The molecule has 0 fully saturated rings. The van der Waals surface area contributed by atoms with Gasteiger partial charge in [0.15, 0.2) is 5.78 Å². The molecular formula is C23H44N2O. The summed E-state index contributed by atoms with van der Waals surface area (Å²) in [6, 6.07) is 1.59. The van der Waals surface area contributed by atoms with E-state index in [0.717, 1.165) is 12.8 Å². The Balaban J connectivity index is 3.27. The summed E-state index contributed by atoms with van der Waals surface area (Å²) in [7, 11) is 0. The second kappa shape index (κ2) is 18.9. The number of ketones is 1. The highest BCUT2D eigenvalue weighted by atomic mass is 16.1. The van der Waals surface area contributed by atoms with E-state index in [4.69, 9.17) is 11.0 Å². The summed E-state index contributed by atoms with van der Waals surface area (Å²) >= 11 is 0. The third-order valence-corrected chi connectivity index (χ3v) is 5.29. The Hall–Kier alpha value is -0.880. The van der Waals surface area contributed by atoms with Crippen LogP contribution in [0, 0.1) is 17.2 Å². The number of rotatable bonds is 19. The monoisotopic (exact) mass is 364 g/mol. The molecule has 0 spiro atoms. The topological polar surface area (TPSA) is 66.9 Å². The first-order chi connectivity index (χ1) is 12.6. The molecule has 0 radical (unpaired) electrons. The Kier molecular flexibility index (Phi) is 18.3. The van der Waals surface area contributed by atoms with Crippen molar-refractivity contribution in [3.8, 4) is 6.07 Å². The highest BCUT2D eigenvalue weighted by Gasteiger charge is 2.20. The van der Waals surface area contributed by atoms with Crippen molar-refractivity contribution < 1.29 is 4.79 Å². The molecule has 0 aromatic carbocycles. The van der Waals surface area contributed by atoms with E-state index in [1.54, 1.807) is 6.92 Å². The Morgan fingerprint density at radius 1 is 0.769 bits per heavy atom. The van der Waals surface area contributed by atoms with Gasteiger partial charge < -0.3 is 5.73 Å². The molecule has 0 saturated carbocycles. The van der Waals surface area contributed by atoms with Gasteiger partial charge >= 0.3 is 0 Å². The zero-order chi connectivity index (χ0) is 19.5. The Morgan fingerprint density at radius 3 is 1.42 bits per heavy atom. The third-order valence-electron chi connectivity index (χ3n) is 5.29. The minimum atomic E-state index is -0.513. The molecule has 0 aliphatic carbocycles. The third kappa shape index (κ3) is 15.4. The van der Waals surface area contributed by atoms with Crippen LogP contribution in [0.3, 0.4) is 0 Å². The fourth-order valence-corrected chi connectivity index (χ4v) is 3.48. The molecule has 0 rings (SSSR count). The molecule has 0 aromatic heterocycles. The van der Waals surface area contributed by atoms with Crippen LogP contribution in [0.2, 0.25) is 0 Å². The number of nitriles is 1. The SMILES string of the molecule is CCCCCCCCCCCCCCCCCCC(C#N)C(=O)[C@@H](C)N. The van der Waals surface area contributed by atoms with E-state index in [-0.39, 0.29) is 5.78 Å². The maximum atomic E-state index is 11.7. The van der Waals surface area contributed by atoms with Crippen molar-refractivity contribution in [2.24, 2.45) is 11.7 Å². The molecule has 0 aliphatic rings. The normalized spacial score (nSPS) is 13.3. The zero-order valence-electron chi connectivity index (χ0n) is 17.6. The molecule has 1 unspecified atom stereocenters. The number of hydrogen-bond donors (Lipinski definition) is 1. The molecule has 0 aromatic rings. The van der Waals surface area contributed by atoms with E-state index in [1.165, 1.54) is 89.9 Å². The average molecular weight is 365 g/mol. The molecule has 0 saturated heterocycles. The maximum absolute atomic E-state index is 11.7. The van der Waals surface area contributed by atoms with Gasteiger partial charge in [-0.25, -0.2) is 0 Å². The fraction of sp³-hybridized carbons (Fsp3) is 0.913. The van der Waals surface area contributed by atoms with Crippen LogP contribution in [0.5, 0.6) is 0 Å². The van der Waals surface area contributed by atoms with Crippen LogP contribution < -0.4 is 5.73 Å². The first-order valence-electron chi connectivity index (χ1n) is 11.3. The summed E-state index contributed by atoms with van der Waals surface area (Å²) in [5.74, 6) is -0.602. The van der Waals surface area contributed by atoms with Gasteiger partial charge in [0.2, 0.25) is 0 Å². The van der Waals surface area contributed by atoms with Crippen molar-refractivity contribution in [1.29, 1.82) is 5.26 Å². The number of carbonyl (C=O) groups is 1. The summed E-state index contributed by atoms with van der Waals surface area (Å²) in [5, 5.41) is 9.04. The van der Waals surface area contributed by atoms with Crippen molar-refractivity contribution >= 4 is 5.78 Å². The van der Waals surface area contributed by atoms with Gasteiger partial charge in [-0.2, -0.15) is 5.26 Å². The molecule has 152 valence electrons. The first kappa shape index (κ1) is 25.1. The van der Waals surface area contributed by atoms with Crippen LogP contribution >= 0.6 is 0 Å². The van der Waals surface area contributed by atoms with Gasteiger partial charge in [0, 0.05) is 0 Å². The van der Waals surface area contributed by atoms with Crippen LogP contribution in [0.15, 0.2) is 0 Å². The lowest BCUT2D eigenvalue weighted by molar-refractivity contribution is -0.122. The van der Waals surface area contributed by atoms with E-state index in [2.05, 4.69) is 13.0 Å². The smallest absolute Gasteiger partial charge is 0.166 e. The maximum Gasteiger partial charge on any atom is 0.166 e. The van der Waals surface area contributed by atoms with Crippen LogP contribution in [-0.4, -0.2) is 11.8 Å². The highest BCUT2D eigenvalue weighted by molar-refractivity contribution is 5.87. The Bertz CT molecular complexity index is 360. The molecule has 0 heterocycles. The first-order valence-corrected chi connectivity index (χ1v) is 11.3. The van der Waals surface area contributed by atoms with Crippen molar-refractivity contribution in [2.75, 3.05) is 0 Å². The quantitative estimate of drug-likeness (QED) is 0.259. The average Bonchev–Trinajstić information content (AvgIpc) is 2.64. The number of unbranched alkanes of at least 4 members (excludes halogenated alkanes) is 15. The number of nitrogens with two attached hydrogens (primary N) is 1. The van der Waals surface area contributed by atoms with Crippen LogP contribution in [0.1, 0.15) is 123 Å². The van der Waals surface area contributed by atoms with E-state index in [0.29, 0.717) is 6.42 Å². The summed E-state index contributed by atoms with van der Waals surface area (Å²) in [6.45, 7) is 3.94. The molecule has 2 atom stereocenters. The summed E-state index contributed by atoms with van der Waals surface area (Å²) in [5.41, 5.74) is 5.57. The van der Waals surface area contributed by atoms with Gasteiger partial charge in [-0.1, -0.05) is 110 Å². The van der Waals surface area contributed by atoms with Crippen LogP contribution in [0.25, 0.3) is 0 Å². The van der Waals surface area contributed by atoms with Crippen molar-refractivity contribution in [1.82, 2.24) is 0 Å². The van der Waals surface area contributed by atoms with Crippen LogP contribution in [0.4, 0.5) is 0 Å². The van der Waals surface area contributed by atoms with E-state index in [9.17, 15) is 4.79 Å². The summed E-state index contributed by atoms with van der Waals surface area (Å²) in [4.78, 5) is 11.7. The fourth-order valence-electron chi connectivity index (χ4n) is 3.48. The van der Waals surface area contributed by atoms with Gasteiger partial charge in [-0.05, 0) is 13.3 Å². The molecule has 0 bridgehead atoms. The van der Waals surface area contributed by atoms with E-state index < -0.39 is 12.0 Å². The second-order valence-corrected chi connectivity index (χ2v) is 7.96. The van der Waals surface area contributed by atoms with Gasteiger partial charge in [-0.3, -0.25) is 4.79 Å². The minimum Gasteiger partial charge on any atom is -0.322 e. The highest BCUT2D eigenvalue weighted by Crippen LogP contribution is 2.16. The summed E-state index contributed by atoms with van der Waals surface area (Å²) in [6.07, 6.45) is 22.1. The van der Waals surface area contributed by atoms with Gasteiger partial charge in [0.25, 0.3) is 0 Å². The second-order valence-electron chi connectivity index (χ2n) is 7.96. The molecule has 26 heavy (non-hydrogen) atoms. The van der Waals surface area contributed by atoms with Crippen molar-refractivity contribution in [3.05, 3.63) is 0 Å².